The molecule has 35 heavy (non-hydrogen) atoms. The number of fused-ring (bicyclic) bond motifs is 2. The molecule has 0 radical (unpaired) electrons. The van der Waals surface area contributed by atoms with Crippen molar-refractivity contribution >= 4 is 29.0 Å². The number of aromatic nitrogens is 1. The van der Waals surface area contributed by atoms with Gasteiger partial charge in [0.2, 0.25) is 0 Å². The van der Waals surface area contributed by atoms with Crippen LogP contribution in [0, 0.1) is 6.92 Å². The number of anilines is 1. The minimum absolute atomic E-state index is 0.0460. The van der Waals surface area contributed by atoms with Crippen molar-refractivity contribution in [1.29, 1.82) is 0 Å². The first-order valence-electron chi connectivity index (χ1n) is 12.0. The van der Waals surface area contributed by atoms with E-state index in [9.17, 15) is 9.59 Å². The molecule has 2 atom stereocenters. The summed E-state index contributed by atoms with van der Waals surface area (Å²) in [5.74, 6) is 1.47. The fourth-order valence-electron chi connectivity index (χ4n) is 5.37. The summed E-state index contributed by atoms with van der Waals surface area (Å²) in [6.45, 7) is 2.44. The fourth-order valence-corrected chi connectivity index (χ4v) is 6.01. The van der Waals surface area contributed by atoms with Crippen LogP contribution in [0.3, 0.4) is 0 Å². The van der Waals surface area contributed by atoms with Gasteiger partial charge in [0.1, 0.15) is 11.6 Å². The molecule has 0 aliphatic carbocycles. The molecule has 2 fully saturated rings. The van der Waals surface area contributed by atoms with Gasteiger partial charge in [0.25, 0.3) is 11.8 Å². The zero-order valence-corrected chi connectivity index (χ0v) is 20.8. The summed E-state index contributed by atoms with van der Waals surface area (Å²) in [6, 6.07) is 14.1. The number of rotatable bonds is 7. The number of piperidine rings is 1. The molecular formula is C27H30N4O3S. The second-order valence-electron chi connectivity index (χ2n) is 9.23. The molecule has 7 nitrogen and oxygen atoms in total. The molecule has 0 saturated carbocycles. The number of ether oxygens (including phenoxy) is 1. The second kappa shape index (κ2) is 10.1. The van der Waals surface area contributed by atoms with Crippen molar-refractivity contribution in [1.82, 2.24) is 15.6 Å². The van der Waals surface area contributed by atoms with Crippen LogP contribution in [0.1, 0.15) is 56.8 Å². The Morgan fingerprint density at radius 3 is 2.54 bits per heavy atom. The fraction of sp³-hybridized carbons (Fsp3) is 0.370. The van der Waals surface area contributed by atoms with Crippen molar-refractivity contribution in [2.24, 2.45) is 0 Å². The lowest BCUT2D eigenvalue weighted by Crippen LogP contribution is -2.50. The monoisotopic (exact) mass is 490 g/mol. The topological polar surface area (TPSA) is 83.6 Å². The molecule has 4 heterocycles. The molecule has 2 aromatic heterocycles. The summed E-state index contributed by atoms with van der Waals surface area (Å²) >= 11 is 1.62. The molecule has 0 spiro atoms. The van der Waals surface area contributed by atoms with Gasteiger partial charge < -0.3 is 20.3 Å². The van der Waals surface area contributed by atoms with Crippen LogP contribution in [-0.4, -0.2) is 42.0 Å². The minimum Gasteiger partial charge on any atom is -0.496 e. The van der Waals surface area contributed by atoms with Crippen molar-refractivity contribution in [2.45, 2.75) is 57.3 Å². The summed E-state index contributed by atoms with van der Waals surface area (Å²) in [4.78, 5) is 33.6. The molecule has 2 unspecified atom stereocenters. The SMILES string of the molecule is COc1cccc(C(=O)NC2CC3CCC(C2)N3c2ccc(C(=O)NCc3cccs3)cn2)c1C. The molecule has 2 N–H and O–H groups in total. The standard InChI is InChI=1S/C27H30N4O3S/c1-17-23(6-3-7-24(17)34-2)27(33)30-19-13-20-9-10-21(14-19)31(20)25-11-8-18(15-28-25)26(32)29-16-22-5-4-12-35-22/h3-8,11-12,15,19-21H,9-10,13-14,16H2,1-2H3,(H,29,32)(H,30,33). The van der Waals surface area contributed by atoms with Gasteiger partial charge >= 0.3 is 0 Å². The van der Waals surface area contributed by atoms with Gasteiger partial charge in [0.05, 0.1) is 19.2 Å². The number of benzene rings is 1. The molecule has 2 bridgehead atoms. The maximum Gasteiger partial charge on any atom is 0.253 e. The number of thiophene rings is 1. The van der Waals surface area contributed by atoms with E-state index in [4.69, 9.17) is 4.74 Å². The van der Waals surface area contributed by atoms with Crippen molar-refractivity contribution in [3.8, 4) is 5.75 Å². The van der Waals surface area contributed by atoms with E-state index in [0.29, 0.717) is 29.8 Å². The predicted molar refractivity (Wildman–Crippen MR) is 137 cm³/mol. The van der Waals surface area contributed by atoms with E-state index in [1.807, 2.05) is 54.8 Å². The van der Waals surface area contributed by atoms with Crippen LogP contribution in [0.5, 0.6) is 5.75 Å². The van der Waals surface area contributed by atoms with E-state index in [1.165, 1.54) is 0 Å². The van der Waals surface area contributed by atoms with Gasteiger partial charge in [-0.25, -0.2) is 4.98 Å². The van der Waals surface area contributed by atoms with E-state index in [-0.39, 0.29) is 17.9 Å². The van der Waals surface area contributed by atoms with Gasteiger partial charge in [-0.15, -0.1) is 11.3 Å². The first-order chi connectivity index (χ1) is 17.0. The zero-order valence-electron chi connectivity index (χ0n) is 20.0. The van der Waals surface area contributed by atoms with Crippen molar-refractivity contribution in [2.75, 3.05) is 12.0 Å². The zero-order chi connectivity index (χ0) is 24.4. The number of hydrogen-bond donors (Lipinski definition) is 2. The smallest absolute Gasteiger partial charge is 0.253 e. The lowest BCUT2D eigenvalue weighted by atomic mass is 9.96. The number of pyridine rings is 1. The van der Waals surface area contributed by atoms with Gasteiger partial charge in [0.15, 0.2) is 0 Å². The van der Waals surface area contributed by atoms with Crippen LogP contribution in [0.25, 0.3) is 0 Å². The Hall–Kier alpha value is -3.39. The maximum atomic E-state index is 13.0. The summed E-state index contributed by atoms with van der Waals surface area (Å²) in [5, 5.41) is 8.21. The number of hydrogen-bond acceptors (Lipinski definition) is 6. The molecule has 5 rings (SSSR count). The number of methoxy groups -OCH3 is 1. The number of carbonyl (C=O) groups is 2. The molecule has 2 saturated heterocycles. The van der Waals surface area contributed by atoms with Gasteiger partial charge in [0, 0.05) is 40.3 Å². The number of nitrogens with zero attached hydrogens (tertiary/aromatic N) is 2. The van der Waals surface area contributed by atoms with E-state index in [0.717, 1.165) is 47.7 Å². The second-order valence-corrected chi connectivity index (χ2v) is 10.3. The third kappa shape index (κ3) is 4.89. The largest absolute Gasteiger partial charge is 0.496 e. The Morgan fingerprint density at radius 1 is 1.09 bits per heavy atom. The average molecular weight is 491 g/mol. The minimum atomic E-state index is -0.116. The Bertz CT molecular complexity index is 1180. The van der Waals surface area contributed by atoms with E-state index in [2.05, 4.69) is 20.5 Å². The average Bonchev–Trinajstić information content (AvgIpc) is 3.48. The third-order valence-corrected chi connectivity index (χ3v) is 7.97. The molecule has 2 amide bonds. The van der Waals surface area contributed by atoms with Crippen LogP contribution in [0.2, 0.25) is 0 Å². The summed E-state index contributed by atoms with van der Waals surface area (Å²) in [6.07, 6.45) is 5.60. The normalized spacial score (nSPS) is 21.0. The number of amides is 2. The Kier molecular flexibility index (Phi) is 6.72. The highest BCUT2D eigenvalue weighted by Gasteiger charge is 2.41. The third-order valence-electron chi connectivity index (χ3n) is 7.09. The van der Waals surface area contributed by atoms with Crippen molar-refractivity contribution < 1.29 is 14.3 Å². The van der Waals surface area contributed by atoms with Crippen LogP contribution in [0.15, 0.2) is 54.0 Å². The molecule has 2 aliphatic rings. The molecule has 1 aromatic carbocycles. The molecule has 3 aromatic rings. The molecular weight excluding hydrogens is 460 g/mol. The first-order valence-corrected chi connectivity index (χ1v) is 12.9. The van der Waals surface area contributed by atoms with Crippen LogP contribution in [-0.2, 0) is 6.54 Å². The van der Waals surface area contributed by atoms with E-state index in [1.54, 1.807) is 24.6 Å². The Morgan fingerprint density at radius 2 is 1.89 bits per heavy atom. The van der Waals surface area contributed by atoms with Crippen molar-refractivity contribution in [3.63, 3.8) is 0 Å². The van der Waals surface area contributed by atoms with Crippen LogP contribution >= 0.6 is 11.3 Å². The Labute approximate surface area is 209 Å². The highest BCUT2D eigenvalue weighted by atomic mass is 32.1. The maximum absolute atomic E-state index is 13.0. The van der Waals surface area contributed by atoms with Gasteiger partial charge in [-0.1, -0.05) is 12.1 Å². The van der Waals surface area contributed by atoms with Crippen LogP contribution < -0.4 is 20.3 Å². The summed E-state index contributed by atoms with van der Waals surface area (Å²) < 4.78 is 5.37. The van der Waals surface area contributed by atoms with Gasteiger partial charge in [-0.2, -0.15) is 0 Å². The summed E-state index contributed by atoms with van der Waals surface area (Å²) in [5.41, 5.74) is 2.08. The predicted octanol–water partition coefficient (Wildman–Crippen LogP) is 4.32. The summed E-state index contributed by atoms with van der Waals surface area (Å²) in [7, 11) is 1.62. The number of nitrogens with one attached hydrogen (secondary N) is 2. The quantitative estimate of drug-likeness (QED) is 0.515. The number of carbonyl (C=O) groups excluding carboxylic acids is 2. The highest BCUT2D eigenvalue weighted by molar-refractivity contribution is 7.09. The van der Waals surface area contributed by atoms with Gasteiger partial charge in [-0.05, 0) is 68.3 Å². The molecule has 2 aliphatic heterocycles. The molecule has 8 heteroatoms. The van der Waals surface area contributed by atoms with E-state index < -0.39 is 0 Å². The Balaban J connectivity index is 1.20. The lowest BCUT2D eigenvalue weighted by Gasteiger charge is -2.40. The van der Waals surface area contributed by atoms with Crippen molar-refractivity contribution in [3.05, 3.63) is 75.6 Å². The van der Waals surface area contributed by atoms with E-state index >= 15 is 0 Å². The highest BCUT2D eigenvalue weighted by Crippen LogP contribution is 2.38. The van der Waals surface area contributed by atoms with Gasteiger partial charge in [-0.3, -0.25) is 9.59 Å². The molecule has 182 valence electrons. The van der Waals surface area contributed by atoms with Crippen LogP contribution in [0.4, 0.5) is 5.82 Å². The first kappa shape index (κ1) is 23.4. The lowest BCUT2D eigenvalue weighted by molar-refractivity contribution is 0.0923.